The molecule has 0 aromatic heterocycles. The second-order valence-corrected chi connectivity index (χ2v) is 5.55. The molecule has 0 radical (unpaired) electrons. The third kappa shape index (κ3) is 4.32. The summed E-state index contributed by atoms with van der Waals surface area (Å²) in [5.74, 6) is 0.275. The van der Waals surface area contributed by atoms with Crippen LogP contribution in [0.4, 0.5) is 0 Å². The Morgan fingerprint density at radius 1 is 1.55 bits per heavy atom. The minimum atomic E-state index is -1.17. The van der Waals surface area contributed by atoms with Gasteiger partial charge in [0.2, 0.25) is 0 Å². The Bertz CT molecular complexity index is 510. The molecular weight excluding hydrogens is 280 g/mol. The van der Waals surface area contributed by atoms with Crippen molar-refractivity contribution in [2.45, 2.75) is 25.0 Å². The number of methoxy groups -OCH3 is 1. The van der Waals surface area contributed by atoms with E-state index in [0.717, 1.165) is 32.5 Å². The Morgan fingerprint density at radius 2 is 2.27 bits per heavy atom. The van der Waals surface area contributed by atoms with Crippen molar-refractivity contribution in [3.8, 4) is 5.75 Å². The van der Waals surface area contributed by atoms with Crippen molar-refractivity contribution in [2.24, 2.45) is 0 Å². The molecule has 1 aliphatic rings. The fourth-order valence-electron chi connectivity index (χ4n) is 2.69. The van der Waals surface area contributed by atoms with Gasteiger partial charge in [0.05, 0.1) is 7.11 Å². The summed E-state index contributed by atoms with van der Waals surface area (Å²) in [5, 5.41) is 13.1. The van der Waals surface area contributed by atoms with Crippen LogP contribution in [0.15, 0.2) is 36.9 Å². The lowest BCUT2D eigenvalue weighted by Gasteiger charge is -2.32. The highest BCUT2D eigenvalue weighted by Crippen LogP contribution is 2.20. The number of likely N-dealkylation sites (tertiary alicyclic amines) is 1. The number of nitrogens with one attached hydrogen (secondary N) is 1. The number of carbonyl (C=O) groups is 1. The van der Waals surface area contributed by atoms with E-state index in [1.807, 2.05) is 6.08 Å². The van der Waals surface area contributed by atoms with Crippen molar-refractivity contribution in [3.05, 3.63) is 42.5 Å². The molecule has 1 amide bonds. The molecule has 1 aliphatic heterocycles. The maximum atomic E-state index is 12.2. The Balaban J connectivity index is 1.87. The first kappa shape index (κ1) is 16.5. The lowest BCUT2D eigenvalue weighted by atomic mass is 10.0. The predicted octanol–water partition coefficient (Wildman–Crippen LogP) is 1.50. The van der Waals surface area contributed by atoms with Crippen LogP contribution in [-0.2, 0) is 4.79 Å². The maximum absolute atomic E-state index is 12.2. The first-order valence-corrected chi connectivity index (χ1v) is 7.59. The van der Waals surface area contributed by atoms with E-state index >= 15 is 0 Å². The van der Waals surface area contributed by atoms with E-state index < -0.39 is 6.10 Å². The van der Waals surface area contributed by atoms with E-state index in [1.165, 1.54) is 0 Å². The second kappa shape index (κ2) is 7.96. The summed E-state index contributed by atoms with van der Waals surface area (Å²) >= 11 is 0. The minimum absolute atomic E-state index is 0.119. The molecule has 0 saturated carbocycles. The largest absolute Gasteiger partial charge is 0.497 e. The van der Waals surface area contributed by atoms with Crippen LogP contribution >= 0.6 is 0 Å². The minimum Gasteiger partial charge on any atom is -0.497 e. The molecule has 0 spiro atoms. The first-order valence-electron chi connectivity index (χ1n) is 7.59. The third-order valence-electron chi connectivity index (χ3n) is 3.98. The quantitative estimate of drug-likeness (QED) is 0.782. The summed E-state index contributed by atoms with van der Waals surface area (Å²) in [6.45, 7) is 6.49. The summed E-state index contributed by atoms with van der Waals surface area (Å²) in [4.78, 5) is 14.5. The summed E-state index contributed by atoms with van der Waals surface area (Å²) in [6.07, 6.45) is 2.52. The maximum Gasteiger partial charge on any atom is 0.253 e. The number of piperidine rings is 1. The number of aliphatic hydroxyl groups excluding tert-OH is 1. The van der Waals surface area contributed by atoms with Crippen molar-refractivity contribution in [3.63, 3.8) is 0 Å². The fraction of sp³-hybridized carbons (Fsp3) is 0.471. The van der Waals surface area contributed by atoms with Gasteiger partial charge in [-0.3, -0.25) is 9.69 Å². The molecule has 22 heavy (non-hydrogen) atoms. The molecule has 2 rings (SSSR count). The number of carbonyl (C=O) groups excluding carboxylic acids is 1. The zero-order valence-electron chi connectivity index (χ0n) is 13.0. The Kier molecular flexibility index (Phi) is 5.98. The van der Waals surface area contributed by atoms with Crippen LogP contribution in [0.2, 0.25) is 0 Å². The molecule has 1 aromatic rings. The van der Waals surface area contributed by atoms with E-state index in [1.54, 1.807) is 31.4 Å². The predicted molar refractivity (Wildman–Crippen MR) is 85.8 cm³/mol. The molecule has 1 aromatic carbocycles. The molecule has 1 atom stereocenters. The van der Waals surface area contributed by atoms with Crippen LogP contribution in [-0.4, -0.2) is 48.7 Å². The molecule has 120 valence electrons. The van der Waals surface area contributed by atoms with Crippen LogP contribution in [0.1, 0.15) is 24.5 Å². The van der Waals surface area contributed by atoms with Gasteiger partial charge >= 0.3 is 0 Å². The molecular formula is C17H24N2O3. The number of hydrogen-bond donors (Lipinski definition) is 2. The van der Waals surface area contributed by atoms with Crippen molar-refractivity contribution in [1.82, 2.24) is 10.2 Å². The smallest absolute Gasteiger partial charge is 0.253 e. The Labute approximate surface area is 131 Å². The summed E-state index contributed by atoms with van der Waals surface area (Å²) < 4.78 is 5.11. The summed E-state index contributed by atoms with van der Waals surface area (Å²) in [5.41, 5.74) is 0.543. The molecule has 0 bridgehead atoms. The van der Waals surface area contributed by atoms with Crippen molar-refractivity contribution < 1.29 is 14.6 Å². The van der Waals surface area contributed by atoms with Gasteiger partial charge in [0.15, 0.2) is 6.10 Å². The van der Waals surface area contributed by atoms with Crippen LogP contribution in [0.3, 0.4) is 0 Å². The van der Waals surface area contributed by atoms with Gasteiger partial charge in [-0.05, 0) is 30.5 Å². The van der Waals surface area contributed by atoms with Crippen LogP contribution in [0.25, 0.3) is 0 Å². The number of benzene rings is 1. The second-order valence-electron chi connectivity index (χ2n) is 5.55. The van der Waals surface area contributed by atoms with E-state index in [2.05, 4.69) is 16.8 Å². The number of ether oxygens (including phenoxy) is 1. The zero-order valence-corrected chi connectivity index (χ0v) is 13.0. The number of hydrogen-bond acceptors (Lipinski definition) is 4. The third-order valence-corrected chi connectivity index (χ3v) is 3.98. The molecule has 5 nitrogen and oxygen atoms in total. The van der Waals surface area contributed by atoms with Gasteiger partial charge < -0.3 is 15.2 Å². The van der Waals surface area contributed by atoms with Crippen LogP contribution in [0, 0.1) is 0 Å². The van der Waals surface area contributed by atoms with Gasteiger partial charge in [0, 0.05) is 25.7 Å². The molecule has 1 unspecified atom stereocenters. The van der Waals surface area contributed by atoms with Gasteiger partial charge in [-0.1, -0.05) is 18.2 Å². The molecule has 2 N–H and O–H groups in total. The van der Waals surface area contributed by atoms with E-state index in [4.69, 9.17) is 4.74 Å². The van der Waals surface area contributed by atoms with Crippen molar-refractivity contribution in [1.29, 1.82) is 0 Å². The highest BCUT2D eigenvalue weighted by Gasteiger charge is 2.24. The number of nitrogens with zero attached hydrogens (tertiary/aromatic N) is 1. The molecule has 5 heteroatoms. The fourth-order valence-corrected chi connectivity index (χ4v) is 2.69. The van der Waals surface area contributed by atoms with Gasteiger partial charge in [0.1, 0.15) is 5.75 Å². The first-order chi connectivity index (χ1) is 10.6. The summed E-state index contributed by atoms with van der Waals surface area (Å²) in [6, 6.07) is 7.06. The number of amides is 1. The molecule has 1 fully saturated rings. The molecule has 1 saturated heterocycles. The number of rotatable bonds is 6. The highest BCUT2D eigenvalue weighted by atomic mass is 16.5. The monoisotopic (exact) mass is 304 g/mol. The highest BCUT2D eigenvalue weighted by molar-refractivity contribution is 5.82. The van der Waals surface area contributed by atoms with E-state index in [9.17, 15) is 9.90 Å². The Morgan fingerprint density at radius 3 is 2.91 bits per heavy atom. The average molecular weight is 304 g/mol. The van der Waals surface area contributed by atoms with Crippen LogP contribution < -0.4 is 10.1 Å². The van der Waals surface area contributed by atoms with Crippen molar-refractivity contribution in [2.75, 3.05) is 26.7 Å². The average Bonchev–Trinajstić information content (AvgIpc) is 2.56. The number of aliphatic hydroxyl groups is 1. The van der Waals surface area contributed by atoms with E-state index in [-0.39, 0.29) is 11.9 Å². The lowest BCUT2D eigenvalue weighted by molar-refractivity contribution is -0.130. The van der Waals surface area contributed by atoms with Gasteiger partial charge in [-0.2, -0.15) is 0 Å². The SMILES string of the molecule is C=CCN1CCC(NC(=O)C(O)c2cccc(OC)c2)CC1. The van der Waals surface area contributed by atoms with Gasteiger partial charge in [0.25, 0.3) is 5.91 Å². The Hall–Kier alpha value is -1.85. The van der Waals surface area contributed by atoms with Crippen molar-refractivity contribution >= 4 is 5.91 Å². The molecule has 0 aliphatic carbocycles. The van der Waals surface area contributed by atoms with Gasteiger partial charge in [-0.25, -0.2) is 0 Å². The summed E-state index contributed by atoms with van der Waals surface area (Å²) in [7, 11) is 1.56. The topological polar surface area (TPSA) is 61.8 Å². The standard InChI is InChI=1S/C17H24N2O3/c1-3-9-19-10-7-14(8-11-19)18-17(21)16(20)13-5-4-6-15(12-13)22-2/h3-6,12,14,16,20H,1,7-11H2,2H3,(H,18,21). The lowest BCUT2D eigenvalue weighted by Crippen LogP contribution is -2.45. The normalized spacial score (nSPS) is 17.7. The molecule has 1 heterocycles. The van der Waals surface area contributed by atoms with E-state index in [0.29, 0.717) is 11.3 Å². The zero-order chi connectivity index (χ0) is 15.9. The van der Waals surface area contributed by atoms with Crippen LogP contribution in [0.5, 0.6) is 5.75 Å². The van der Waals surface area contributed by atoms with Gasteiger partial charge in [-0.15, -0.1) is 6.58 Å².